The van der Waals surface area contributed by atoms with Gasteiger partial charge in [-0.15, -0.1) is 0 Å². The van der Waals surface area contributed by atoms with E-state index in [1.54, 1.807) is 14.0 Å². The van der Waals surface area contributed by atoms with Gasteiger partial charge in [-0.3, -0.25) is 0 Å². The predicted octanol–water partition coefficient (Wildman–Crippen LogP) is 2.65. The molecule has 0 radical (unpaired) electrons. The lowest BCUT2D eigenvalue weighted by molar-refractivity contribution is 0.153. The number of nitrogens with two attached hydrogens (primary N) is 1. The molecule has 4 heteroatoms. The van der Waals surface area contributed by atoms with Gasteiger partial charge in [-0.05, 0) is 42.3 Å². The first-order valence-corrected chi connectivity index (χ1v) is 6.89. The zero-order chi connectivity index (χ0) is 15.2. The number of hydrogen-bond donors (Lipinski definition) is 2. The van der Waals surface area contributed by atoms with Crippen LogP contribution in [-0.4, -0.2) is 18.3 Å². The number of aliphatic hydroxyl groups excluding tert-OH is 1. The highest BCUT2D eigenvalue weighted by molar-refractivity contribution is 5.31. The lowest BCUT2D eigenvalue weighted by atomic mass is 10.0. The first kappa shape index (κ1) is 15.4. The predicted molar refractivity (Wildman–Crippen MR) is 82.4 cm³/mol. The fraction of sp³-hybridized carbons (Fsp3) is 0.294. The van der Waals surface area contributed by atoms with Crippen molar-refractivity contribution in [2.45, 2.75) is 25.7 Å². The third-order valence-corrected chi connectivity index (χ3v) is 3.26. The molecule has 3 N–H and O–H groups in total. The van der Waals surface area contributed by atoms with E-state index in [0.29, 0.717) is 6.61 Å². The van der Waals surface area contributed by atoms with Gasteiger partial charge in [0.25, 0.3) is 0 Å². The Morgan fingerprint density at radius 3 is 2.43 bits per heavy atom. The Hall–Kier alpha value is -2.04. The van der Waals surface area contributed by atoms with Crippen LogP contribution < -0.4 is 15.2 Å². The summed E-state index contributed by atoms with van der Waals surface area (Å²) in [4.78, 5) is 0. The summed E-state index contributed by atoms with van der Waals surface area (Å²) < 4.78 is 10.9. The van der Waals surface area contributed by atoms with Gasteiger partial charge in [0.1, 0.15) is 18.1 Å². The van der Waals surface area contributed by atoms with Gasteiger partial charge in [-0.25, -0.2) is 0 Å². The molecule has 2 unspecified atom stereocenters. The number of benzene rings is 2. The van der Waals surface area contributed by atoms with Crippen molar-refractivity contribution in [2.24, 2.45) is 5.73 Å². The van der Waals surface area contributed by atoms with Crippen molar-refractivity contribution >= 4 is 0 Å². The van der Waals surface area contributed by atoms with E-state index in [0.717, 1.165) is 22.6 Å². The zero-order valence-electron chi connectivity index (χ0n) is 12.3. The van der Waals surface area contributed by atoms with Gasteiger partial charge in [0.15, 0.2) is 0 Å². The van der Waals surface area contributed by atoms with Gasteiger partial charge >= 0.3 is 0 Å². The largest absolute Gasteiger partial charge is 0.497 e. The van der Waals surface area contributed by atoms with Crippen molar-refractivity contribution < 1.29 is 14.6 Å². The fourth-order valence-electron chi connectivity index (χ4n) is 1.99. The average Bonchev–Trinajstić information content (AvgIpc) is 2.53. The maximum Gasteiger partial charge on any atom is 0.119 e. The molecular weight excluding hydrogens is 266 g/mol. The number of methoxy groups -OCH3 is 1. The van der Waals surface area contributed by atoms with Crippen LogP contribution in [0, 0.1) is 0 Å². The van der Waals surface area contributed by atoms with Crippen LogP contribution >= 0.6 is 0 Å². The number of aliphatic hydroxyl groups is 1. The lowest BCUT2D eigenvalue weighted by Crippen LogP contribution is -2.24. The summed E-state index contributed by atoms with van der Waals surface area (Å²) in [6.07, 6.45) is -0.655. The average molecular weight is 287 g/mol. The van der Waals surface area contributed by atoms with Crippen LogP contribution in [-0.2, 0) is 6.61 Å². The zero-order valence-corrected chi connectivity index (χ0v) is 12.3. The monoisotopic (exact) mass is 287 g/mol. The maximum atomic E-state index is 9.87. The van der Waals surface area contributed by atoms with Crippen LogP contribution in [0.1, 0.15) is 24.2 Å². The minimum Gasteiger partial charge on any atom is -0.497 e. The molecule has 2 rings (SSSR count). The van der Waals surface area contributed by atoms with Crippen LogP contribution in [0.25, 0.3) is 0 Å². The van der Waals surface area contributed by atoms with E-state index in [-0.39, 0.29) is 6.04 Å². The van der Waals surface area contributed by atoms with Gasteiger partial charge in [-0.1, -0.05) is 24.3 Å². The molecule has 2 atom stereocenters. The fourth-order valence-corrected chi connectivity index (χ4v) is 1.99. The van der Waals surface area contributed by atoms with E-state index in [4.69, 9.17) is 15.2 Å². The molecule has 2 aromatic rings. The molecule has 0 aliphatic carbocycles. The lowest BCUT2D eigenvalue weighted by Gasteiger charge is -2.15. The SMILES string of the molecule is COc1cccc(COc2ccc(C(O)C(C)N)cc2)c1. The molecule has 4 nitrogen and oxygen atoms in total. The molecule has 0 heterocycles. The van der Waals surface area contributed by atoms with Crippen LogP contribution in [0.3, 0.4) is 0 Å². The standard InChI is InChI=1S/C17H21NO3/c1-12(18)17(19)14-6-8-15(9-7-14)21-11-13-4-3-5-16(10-13)20-2/h3-10,12,17,19H,11,18H2,1-2H3. The number of rotatable bonds is 6. The van der Waals surface area contributed by atoms with Gasteiger partial charge in [-0.2, -0.15) is 0 Å². The number of ether oxygens (including phenoxy) is 2. The quantitative estimate of drug-likeness (QED) is 0.857. The van der Waals surface area contributed by atoms with Gasteiger partial charge < -0.3 is 20.3 Å². The Bertz CT molecular complexity index is 567. The highest BCUT2D eigenvalue weighted by atomic mass is 16.5. The maximum absolute atomic E-state index is 9.87. The number of hydrogen-bond acceptors (Lipinski definition) is 4. The molecule has 0 amide bonds. The molecule has 2 aromatic carbocycles. The molecule has 0 bridgehead atoms. The van der Waals surface area contributed by atoms with E-state index in [1.807, 2.05) is 48.5 Å². The molecule has 0 spiro atoms. The second kappa shape index (κ2) is 7.11. The normalized spacial score (nSPS) is 13.5. The summed E-state index contributed by atoms with van der Waals surface area (Å²) in [6.45, 7) is 2.24. The first-order chi connectivity index (χ1) is 10.1. The first-order valence-electron chi connectivity index (χ1n) is 6.89. The minimum absolute atomic E-state index is 0.298. The summed E-state index contributed by atoms with van der Waals surface area (Å²) in [6, 6.07) is 14.8. The van der Waals surface area contributed by atoms with E-state index >= 15 is 0 Å². The van der Waals surface area contributed by atoms with E-state index in [2.05, 4.69) is 0 Å². The van der Waals surface area contributed by atoms with Crippen molar-refractivity contribution in [3.63, 3.8) is 0 Å². The van der Waals surface area contributed by atoms with E-state index < -0.39 is 6.10 Å². The summed E-state index contributed by atoms with van der Waals surface area (Å²) in [7, 11) is 1.64. The third kappa shape index (κ3) is 4.21. The summed E-state index contributed by atoms with van der Waals surface area (Å²) in [5.74, 6) is 1.56. The summed E-state index contributed by atoms with van der Waals surface area (Å²) in [5.41, 5.74) is 7.50. The van der Waals surface area contributed by atoms with Crippen molar-refractivity contribution in [2.75, 3.05) is 7.11 Å². The van der Waals surface area contributed by atoms with Crippen molar-refractivity contribution in [1.29, 1.82) is 0 Å². The van der Waals surface area contributed by atoms with Crippen molar-refractivity contribution in [3.05, 3.63) is 59.7 Å². The van der Waals surface area contributed by atoms with Gasteiger partial charge in [0.2, 0.25) is 0 Å². The highest BCUT2D eigenvalue weighted by Gasteiger charge is 2.11. The molecule has 0 aliphatic rings. The summed E-state index contributed by atoms with van der Waals surface area (Å²) in [5, 5.41) is 9.87. The molecule has 0 saturated carbocycles. The minimum atomic E-state index is -0.655. The Kier molecular flexibility index (Phi) is 5.20. The molecule has 21 heavy (non-hydrogen) atoms. The molecule has 0 fully saturated rings. The van der Waals surface area contributed by atoms with Crippen LogP contribution in [0.15, 0.2) is 48.5 Å². The smallest absolute Gasteiger partial charge is 0.119 e. The molecular formula is C17H21NO3. The Labute approximate surface area is 125 Å². The molecule has 0 aromatic heterocycles. The Morgan fingerprint density at radius 1 is 1.10 bits per heavy atom. The second-order valence-corrected chi connectivity index (χ2v) is 5.01. The van der Waals surface area contributed by atoms with Crippen LogP contribution in [0.4, 0.5) is 0 Å². The second-order valence-electron chi connectivity index (χ2n) is 5.01. The third-order valence-electron chi connectivity index (χ3n) is 3.26. The molecule has 0 saturated heterocycles. The molecule has 112 valence electrons. The Morgan fingerprint density at radius 2 is 1.81 bits per heavy atom. The highest BCUT2D eigenvalue weighted by Crippen LogP contribution is 2.21. The van der Waals surface area contributed by atoms with Crippen LogP contribution in [0.5, 0.6) is 11.5 Å². The van der Waals surface area contributed by atoms with Crippen molar-refractivity contribution in [1.82, 2.24) is 0 Å². The van der Waals surface area contributed by atoms with E-state index in [1.165, 1.54) is 0 Å². The van der Waals surface area contributed by atoms with Crippen LogP contribution in [0.2, 0.25) is 0 Å². The van der Waals surface area contributed by atoms with Gasteiger partial charge in [0, 0.05) is 6.04 Å². The summed E-state index contributed by atoms with van der Waals surface area (Å²) >= 11 is 0. The topological polar surface area (TPSA) is 64.7 Å². The molecule has 0 aliphatic heterocycles. The van der Waals surface area contributed by atoms with Gasteiger partial charge in [0.05, 0.1) is 13.2 Å². The van der Waals surface area contributed by atoms with Crippen molar-refractivity contribution in [3.8, 4) is 11.5 Å². The Balaban J connectivity index is 1.97. The van der Waals surface area contributed by atoms with E-state index in [9.17, 15) is 5.11 Å².